The standard InChI is InChI=1S/C13H15ClO2/c1-8(2)6-11(15)13-7-9-10(14)4-3-5-12(9)16-13/h3-5,8,13H,6-7H2,1-2H3. The van der Waals surface area contributed by atoms with Gasteiger partial charge < -0.3 is 4.74 Å². The van der Waals surface area contributed by atoms with E-state index in [1.807, 2.05) is 32.0 Å². The molecule has 2 rings (SSSR count). The lowest BCUT2D eigenvalue weighted by Crippen LogP contribution is -2.26. The van der Waals surface area contributed by atoms with E-state index in [9.17, 15) is 4.79 Å². The van der Waals surface area contributed by atoms with Crippen LogP contribution in [0.1, 0.15) is 25.8 Å². The maximum atomic E-state index is 11.9. The van der Waals surface area contributed by atoms with E-state index in [1.54, 1.807) is 0 Å². The van der Waals surface area contributed by atoms with Crippen molar-refractivity contribution >= 4 is 17.4 Å². The molecule has 1 aliphatic rings. The first-order chi connectivity index (χ1) is 7.58. The molecule has 1 heterocycles. The lowest BCUT2D eigenvalue weighted by molar-refractivity contribution is -0.125. The normalized spacial score (nSPS) is 18.4. The van der Waals surface area contributed by atoms with E-state index in [1.165, 1.54) is 0 Å². The van der Waals surface area contributed by atoms with Gasteiger partial charge in [-0.15, -0.1) is 0 Å². The largest absolute Gasteiger partial charge is 0.482 e. The van der Waals surface area contributed by atoms with E-state index in [-0.39, 0.29) is 11.9 Å². The highest BCUT2D eigenvalue weighted by Crippen LogP contribution is 2.34. The van der Waals surface area contributed by atoms with Crippen molar-refractivity contribution in [1.82, 2.24) is 0 Å². The van der Waals surface area contributed by atoms with Gasteiger partial charge in [-0.1, -0.05) is 31.5 Å². The van der Waals surface area contributed by atoms with Gasteiger partial charge in [0.25, 0.3) is 0 Å². The third-order valence-corrected chi connectivity index (χ3v) is 3.06. The Morgan fingerprint density at radius 3 is 2.94 bits per heavy atom. The zero-order valence-electron chi connectivity index (χ0n) is 9.50. The van der Waals surface area contributed by atoms with Crippen molar-refractivity contribution in [3.05, 3.63) is 28.8 Å². The maximum Gasteiger partial charge on any atom is 0.173 e. The van der Waals surface area contributed by atoms with Gasteiger partial charge in [0.05, 0.1) is 0 Å². The summed E-state index contributed by atoms with van der Waals surface area (Å²) in [5, 5.41) is 0.692. The highest BCUT2D eigenvalue weighted by atomic mass is 35.5. The number of halogens is 1. The van der Waals surface area contributed by atoms with E-state index in [2.05, 4.69) is 0 Å². The molecule has 1 unspecified atom stereocenters. The molecule has 0 N–H and O–H groups in total. The summed E-state index contributed by atoms with van der Waals surface area (Å²) in [7, 11) is 0. The summed E-state index contributed by atoms with van der Waals surface area (Å²) in [6.07, 6.45) is 0.842. The third-order valence-electron chi connectivity index (χ3n) is 2.70. The van der Waals surface area contributed by atoms with Crippen molar-refractivity contribution in [1.29, 1.82) is 0 Å². The van der Waals surface area contributed by atoms with Gasteiger partial charge in [-0.2, -0.15) is 0 Å². The number of benzene rings is 1. The average Bonchev–Trinajstić information content (AvgIpc) is 2.61. The number of Topliss-reactive ketones (excluding diaryl/α,β-unsaturated/α-hetero) is 1. The molecule has 16 heavy (non-hydrogen) atoms. The van der Waals surface area contributed by atoms with Crippen LogP contribution in [0.2, 0.25) is 5.02 Å². The van der Waals surface area contributed by atoms with Crippen LogP contribution in [0.15, 0.2) is 18.2 Å². The van der Waals surface area contributed by atoms with Gasteiger partial charge in [0, 0.05) is 23.4 Å². The van der Waals surface area contributed by atoms with E-state index in [0.29, 0.717) is 23.8 Å². The number of rotatable bonds is 3. The number of carbonyl (C=O) groups excluding carboxylic acids is 1. The first-order valence-electron chi connectivity index (χ1n) is 5.54. The summed E-state index contributed by atoms with van der Waals surface area (Å²) in [4.78, 5) is 11.9. The predicted octanol–water partition coefficient (Wildman–Crippen LogP) is 3.26. The summed E-state index contributed by atoms with van der Waals surface area (Å²) >= 11 is 6.05. The quantitative estimate of drug-likeness (QED) is 0.808. The lowest BCUT2D eigenvalue weighted by Gasteiger charge is -2.10. The summed E-state index contributed by atoms with van der Waals surface area (Å²) in [6.45, 7) is 4.07. The summed E-state index contributed by atoms with van der Waals surface area (Å²) in [6, 6.07) is 5.54. The smallest absolute Gasteiger partial charge is 0.173 e. The number of fused-ring (bicyclic) bond motifs is 1. The van der Waals surface area contributed by atoms with Crippen LogP contribution in [0, 0.1) is 5.92 Å². The van der Waals surface area contributed by atoms with E-state index < -0.39 is 0 Å². The molecule has 0 aliphatic carbocycles. The Morgan fingerprint density at radius 2 is 2.31 bits per heavy atom. The summed E-state index contributed by atoms with van der Waals surface area (Å²) in [5.74, 6) is 1.30. The number of hydrogen-bond acceptors (Lipinski definition) is 2. The molecule has 1 atom stereocenters. The van der Waals surface area contributed by atoms with Crippen molar-refractivity contribution in [3.8, 4) is 5.75 Å². The van der Waals surface area contributed by atoms with Gasteiger partial charge in [-0.3, -0.25) is 4.79 Å². The van der Waals surface area contributed by atoms with Crippen LogP contribution in [-0.4, -0.2) is 11.9 Å². The molecular weight excluding hydrogens is 224 g/mol. The Labute approximate surface area is 101 Å². The molecule has 0 amide bonds. The molecule has 86 valence electrons. The molecule has 2 nitrogen and oxygen atoms in total. The summed E-state index contributed by atoms with van der Waals surface area (Å²) < 4.78 is 5.62. The van der Waals surface area contributed by atoms with Crippen LogP contribution < -0.4 is 4.74 Å². The van der Waals surface area contributed by atoms with E-state index >= 15 is 0 Å². The van der Waals surface area contributed by atoms with E-state index in [4.69, 9.17) is 16.3 Å². The van der Waals surface area contributed by atoms with Gasteiger partial charge in [-0.05, 0) is 18.1 Å². The van der Waals surface area contributed by atoms with Crippen LogP contribution in [0.25, 0.3) is 0 Å². The Morgan fingerprint density at radius 1 is 1.56 bits per heavy atom. The van der Waals surface area contributed by atoms with Crippen LogP contribution in [-0.2, 0) is 11.2 Å². The molecule has 0 saturated heterocycles. The van der Waals surface area contributed by atoms with Crippen molar-refractivity contribution < 1.29 is 9.53 Å². The minimum absolute atomic E-state index is 0.169. The molecule has 0 spiro atoms. The topological polar surface area (TPSA) is 26.3 Å². The van der Waals surface area contributed by atoms with Crippen molar-refractivity contribution in [2.24, 2.45) is 5.92 Å². The van der Waals surface area contributed by atoms with Crippen LogP contribution in [0.4, 0.5) is 0 Å². The fourth-order valence-corrected chi connectivity index (χ4v) is 2.18. The molecule has 0 saturated carbocycles. The van der Waals surface area contributed by atoms with Gasteiger partial charge in [0.2, 0.25) is 0 Å². The Bertz CT molecular complexity index is 412. The second-order valence-electron chi connectivity index (χ2n) is 4.59. The second-order valence-corrected chi connectivity index (χ2v) is 5.00. The zero-order valence-corrected chi connectivity index (χ0v) is 10.3. The van der Waals surface area contributed by atoms with E-state index in [0.717, 1.165) is 11.3 Å². The predicted molar refractivity (Wildman–Crippen MR) is 64.0 cm³/mol. The van der Waals surface area contributed by atoms with Gasteiger partial charge in [0.15, 0.2) is 11.9 Å². The first-order valence-corrected chi connectivity index (χ1v) is 5.92. The molecule has 3 heteroatoms. The fraction of sp³-hybridized carbons (Fsp3) is 0.462. The van der Waals surface area contributed by atoms with Crippen molar-refractivity contribution in [3.63, 3.8) is 0 Å². The highest BCUT2D eigenvalue weighted by Gasteiger charge is 2.30. The van der Waals surface area contributed by atoms with Crippen LogP contribution in [0.3, 0.4) is 0 Å². The zero-order chi connectivity index (χ0) is 11.7. The molecule has 1 aliphatic heterocycles. The number of carbonyl (C=O) groups is 1. The minimum Gasteiger partial charge on any atom is -0.482 e. The first kappa shape index (κ1) is 11.5. The number of hydrogen-bond donors (Lipinski definition) is 0. The molecule has 1 aromatic carbocycles. The molecule has 0 aromatic heterocycles. The Balaban J connectivity index is 2.11. The Kier molecular flexibility index (Phi) is 3.20. The third kappa shape index (κ3) is 2.22. The summed E-state index contributed by atoms with van der Waals surface area (Å²) in [5.41, 5.74) is 0.964. The monoisotopic (exact) mass is 238 g/mol. The molecule has 0 fully saturated rings. The van der Waals surface area contributed by atoms with Gasteiger partial charge in [-0.25, -0.2) is 0 Å². The van der Waals surface area contributed by atoms with Crippen molar-refractivity contribution in [2.75, 3.05) is 0 Å². The van der Waals surface area contributed by atoms with Crippen LogP contribution >= 0.6 is 11.6 Å². The molecular formula is C13H15ClO2. The lowest BCUT2D eigenvalue weighted by atomic mass is 10.0. The average molecular weight is 239 g/mol. The highest BCUT2D eigenvalue weighted by molar-refractivity contribution is 6.31. The molecule has 1 aromatic rings. The van der Waals surface area contributed by atoms with Crippen LogP contribution in [0.5, 0.6) is 5.75 Å². The van der Waals surface area contributed by atoms with Crippen molar-refractivity contribution in [2.45, 2.75) is 32.8 Å². The fourth-order valence-electron chi connectivity index (χ4n) is 1.94. The molecule has 0 radical (unpaired) electrons. The van der Waals surface area contributed by atoms with Gasteiger partial charge in [0.1, 0.15) is 5.75 Å². The SMILES string of the molecule is CC(C)CC(=O)C1Cc2c(Cl)cccc2O1. The Hall–Kier alpha value is -1.02. The number of ether oxygens (including phenoxy) is 1. The number of ketones is 1. The second kappa shape index (κ2) is 4.46. The molecule has 0 bridgehead atoms. The maximum absolute atomic E-state index is 11.9. The van der Waals surface area contributed by atoms with Gasteiger partial charge >= 0.3 is 0 Å². The minimum atomic E-state index is -0.336.